The summed E-state index contributed by atoms with van der Waals surface area (Å²) >= 11 is 0. The Balaban J connectivity index is 0.00000230. The Kier molecular flexibility index (Phi) is 9.13. The number of aliphatic hydroxyl groups excluding tert-OH is 1. The largest absolute Gasteiger partial charge is 1.00 e. The molecule has 3 heterocycles. The summed E-state index contributed by atoms with van der Waals surface area (Å²) in [5.41, 5.74) is 5.74. The molecule has 222 valence electrons. The van der Waals surface area contributed by atoms with E-state index in [0.717, 1.165) is 34.4 Å². The summed E-state index contributed by atoms with van der Waals surface area (Å²) < 4.78 is 12.4. The van der Waals surface area contributed by atoms with E-state index >= 15 is 0 Å². The fourth-order valence-electron chi connectivity index (χ4n) is 5.88. The molecule has 2 aromatic heterocycles. The van der Waals surface area contributed by atoms with Crippen molar-refractivity contribution in [2.45, 2.75) is 65.1 Å². The second-order valence-electron chi connectivity index (χ2n) is 11.6. The van der Waals surface area contributed by atoms with Crippen molar-refractivity contribution in [3.05, 3.63) is 116 Å². The van der Waals surface area contributed by atoms with Crippen molar-refractivity contribution < 1.29 is 45.4 Å². The number of aliphatic hydroxyl groups is 1. The first kappa shape index (κ1) is 31.7. The van der Waals surface area contributed by atoms with Gasteiger partial charge in [-0.2, -0.15) is 0 Å². The minimum atomic E-state index is -0.685. The molecule has 0 bridgehead atoms. The van der Waals surface area contributed by atoms with Gasteiger partial charge < -0.3 is 11.3 Å². The predicted molar refractivity (Wildman–Crippen MR) is 165 cm³/mol. The number of aromatic amines is 1. The van der Waals surface area contributed by atoms with Gasteiger partial charge >= 0.3 is 35.3 Å². The number of H-pyrrole nitrogens is 1. The van der Waals surface area contributed by atoms with Crippen molar-refractivity contribution in [2.24, 2.45) is 0 Å². The van der Waals surface area contributed by atoms with Gasteiger partial charge in [0.25, 0.3) is 5.56 Å². The van der Waals surface area contributed by atoms with E-state index in [0.29, 0.717) is 53.5 Å². The van der Waals surface area contributed by atoms with E-state index < -0.39 is 17.5 Å². The first-order chi connectivity index (χ1) is 20.6. The fourth-order valence-corrected chi connectivity index (χ4v) is 5.88. The van der Waals surface area contributed by atoms with E-state index in [-0.39, 0.29) is 36.5 Å². The monoisotopic (exact) mass is 602 g/mol. The molecule has 0 saturated heterocycles. The van der Waals surface area contributed by atoms with Crippen LogP contribution in [0.3, 0.4) is 0 Å². The maximum absolute atomic E-state index is 14.1. The molecule has 0 saturated carbocycles. The Hall–Kier alpha value is -3.76. The van der Waals surface area contributed by atoms with Gasteiger partial charge in [-0.1, -0.05) is 67.0 Å². The molecule has 44 heavy (non-hydrogen) atoms. The Labute approximate surface area is 278 Å². The van der Waals surface area contributed by atoms with Crippen molar-refractivity contribution in [1.82, 2.24) is 19.7 Å². The summed E-state index contributed by atoms with van der Waals surface area (Å²) in [6.07, 6.45) is 1.76. The third-order valence-corrected chi connectivity index (χ3v) is 7.87. The van der Waals surface area contributed by atoms with Crippen LogP contribution in [0.25, 0.3) is 28.2 Å². The van der Waals surface area contributed by atoms with Gasteiger partial charge in [0.05, 0.1) is 17.5 Å². The van der Waals surface area contributed by atoms with E-state index in [1.54, 1.807) is 4.57 Å². The van der Waals surface area contributed by atoms with Crippen LogP contribution in [0, 0.1) is 6.92 Å². The van der Waals surface area contributed by atoms with Crippen LogP contribution in [0.5, 0.6) is 5.75 Å². The zero-order chi connectivity index (χ0) is 30.3. The Bertz CT molecular complexity index is 1930. The summed E-state index contributed by atoms with van der Waals surface area (Å²) in [6, 6.07) is 21.2. The maximum atomic E-state index is 14.1. The summed E-state index contributed by atoms with van der Waals surface area (Å²) in [4.78, 5) is 33.2. The molecule has 9 nitrogen and oxygen atoms in total. The fraction of sp³-hybridized carbons (Fsp3) is 0.294. The predicted octanol–water partition coefficient (Wildman–Crippen LogP) is 2.81. The molecule has 1 atom stereocenters. The first-order valence-electron chi connectivity index (χ1n) is 14.5. The number of rotatable bonds is 7. The molecule has 1 aliphatic rings. The van der Waals surface area contributed by atoms with Crippen LogP contribution in [-0.4, -0.2) is 30.4 Å². The number of ether oxygens (including phenoxy) is 1. The van der Waals surface area contributed by atoms with Crippen molar-refractivity contribution in [2.75, 3.05) is 0 Å². The molecule has 0 fully saturated rings. The van der Waals surface area contributed by atoms with Crippen molar-refractivity contribution in [1.29, 1.82) is 0 Å². The van der Waals surface area contributed by atoms with Crippen LogP contribution in [0.15, 0.2) is 80.8 Å². The molecule has 0 spiro atoms. The van der Waals surface area contributed by atoms with E-state index in [9.17, 15) is 14.7 Å². The number of aryl methyl sites for hydroxylation is 2. The number of hydrogen-bond donors (Lipinski definition) is 2. The number of fused-ring (bicyclic) bond motifs is 1. The third-order valence-electron chi connectivity index (χ3n) is 7.87. The van der Waals surface area contributed by atoms with E-state index in [2.05, 4.69) is 17.1 Å². The minimum absolute atomic E-state index is 0. The van der Waals surface area contributed by atoms with Gasteiger partial charge in [0.15, 0.2) is 5.82 Å². The van der Waals surface area contributed by atoms with E-state index in [1.165, 1.54) is 0 Å². The number of benzene rings is 3. The Morgan fingerprint density at radius 1 is 1.07 bits per heavy atom. The third kappa shape index (κ3) is 6.23. The van der Waals surface area contributed by atoms with Gasteiger partial charge in [0, 0.05) is 29.5 Å². The Morgan fingerprint density at radius 2 is 1.80 bits per heavy atom. The molecule has 0 radical (unpaired) electrons. The van der Waals surface area contributed by atoms with Crippen LogP contribution >= 0.6 is 0 Å². The van der Waals surface area contributed by atoms with Gasteiger partial charge in [-0.25, -0.2) is 9.78 Å². The number of nitrogens with zero attached hydrogens (tertiary/aromatic N) is 3. The SMILES string of the molecule is CCCc1nc(C)n(-c2ccc3c(c2)C(O)CC(C)(C)O3)c(=O)c1Cc1ccc(-c2ccccc2-c2noc(=O)[nH]2)cc1.[H-].[Na+]. The van der Waals surface area contributed by atoms with Crippen molar-refractivity contribution >= 4 is 0 Å². The number of aromatic nitrogens is 4. The molecule has 1 unspecified atom stereocenters. The molecule has 2 N–H and O–H groups in total. The zero-order valence-corrected chi connectivity index (χ0v) is 27.7. The van der Waals surface area contributed by atoms with Crippen LogP contribution in [0.4, 0.5) is 0 Å². The average molecular weight is 603 g/mol. The molecule has 0 aliphatic carbocycles. The summed E-state index contributed by atoms with van der Waals surface area (Å²) in [7, 11) is 0. The van der Waals surface area contributed by atoms with Gasteiger partial charge in [0.2, 0.25) is 0 Å². The van der Waals surface area contributed by atoms with Crippen LogP contribution in [0.2, 0.25) is 0 Å². The summed E-state index contributed by atoms with van der Waals surface area (Å²) in [5, 5.41) is 14.7. The standard InChI is InChI=1S/C34H34N4O5.Na.H/c1-5-8-28-26(17-21-11-13-22(14-12-21)24-9-6-7-10-25(24)31-36-33(41)43-37-31)32(40)38(20(2)35-28)23-15-16-30-27(18-23)29(39)19-34(3,4)42-30;;/h6-7,9-16,18,29,39H,5,8,17,19H2,1-4H3,(H,36,37,41);;/q;+1;-1. The maximum Gasteiger partial charge on any atom is 1.00 e. The Morgan fingerprint density at radius 3 is 2.48 bits per heavy atom. The normalized spacial score (nSPS) is 15.2. The molecule has 1 aliphatic heterocycles. The summed E-state index contributed by atoms with van der Waals surface area (Å²) in [6.45, 7) is 7.82. The van der Waals surface area contributed by atoms with E-state index in [1.807, 2.05) is 87.5 Å². The molecule has 5 aromatic rings. The second kappa shape index (κ2) is 12.7. The molecular weight excluding hydrogens is 567 g/mol. The molecule has 10 heteroatoms. The minimum Gasteiger partial charge on any atom is -1.00 e. The molecule has 0 amide bonds. The first-order valence-corrected chi connectivity index (χ1v) is 14.5. The van der Waals surface area contributed by atoms with Gasteiger partial charge in [-0.15, -0.1) is 0 Å². The quantitative estimate of drug-likeness (QED) is 0.275. The number of nitrogens with one attached hydrogen (secondary N) is 1. The van der Waals surface area contributed by atoms with E-state index in [4.69, 9.17) is 14.2 Å². The van der Waals surface area contributed by atoms with Gasteiger partial charge in [0.1, 0.15) is 17.2 Å². The average Bonchev–Trinajstić information content (AvgIpc) is 3.41. The van der Waals surface area contributed by atoms with Crippen molar-refractivity contribution in [3.8, 4) is 34.0 Å². The zero-order valence-electron chi connectivity index (χ0n) is 26.7. The van der Waals surface area contributed by atoms with Crippen LogP contribution in [-0.2, 0) is 12.8 Å². The molecular formula is C34H35N4NaO5. The summed E-state index contributed by atoms with van der Waals surface area (Å²) in [5.74, 6) is 0.987. The smallest absolute Gasteiger partial charge is 1.00 e. The van der Waals surface area contributed by atoms with Crippen LogP contribution < -0.4 is 45.6 Å². The van der Waals surface area contributed by atoms with Crippen LogP contribution in [0.1, 0.15) is 69.4 Å². The van der Waals surface area contributed by atoms with Crippen molar-refractivity contribution in [3.63, 3.8) is 0 Å². The second-order valence-corrected chi connectivity index (χ2v) is 11.6. The molecule has 6 rings (SSSR count). The van der Waals surface area contributed by atoms with Gasteiger partial charge in [-0.05, 0) is 62.1 Å². The number of hydrogen-bond acceptors (Lipinski definition) is 7. The molecule has 3 aromatic carbocycles. The topological polar surface area (TPSA) is 123 Å². The van der Waals surface area contributed by atoms with Gasteiger partial charge in [-0.3, -0.25) is 18.9 Å².